The van der Waals surface area contributed by atoms with E-state index in [2.05, 4.69) is 5.32 Å². The molecule has 0 bridgehead atoms. The van der Waals surface area contributed by atoms with Gasteiger partial charge in [-0.1, -0.05) is 18.2 Å². The number of rotatable bonds is 5. The number of para-hydroxylation sites is 1. The van der Waals surface area contributed by atoms with E-state index in [0.717, 1.165) is 34.3 Å². The van der Waals surface area contributed by atoms with Crippen molar-refractivity contribution in [2.24, 2.45) is 4.99 Å². The number of nitrogens with zero attached hydrogens (tertiary/aromatic N) is 1. The van der Waals surface area contributed by atoms with Gasteiger partial charge in [-0.2, -0.15) is 0 Å². The van der Waals surface area contributed by atoms with Gasteiger partial charge in [-0.05, 0) is 60.7 Å². The van der Waals surface area contributed by atoms with Gasteiger partial charge in [-0.15, -0.1) is 0 Å². The first kappa shape index (κ1) is 16.6. The monoisotopic (exact) mass is 332 g/mol. The summed E-state index contributed by atoms with van der Waals surface area (Å²) in [5.41, 5.74) is 2.79. The second-order valence-corrected chi connectivity index (χ2v) is 5.38. The van der Waals surface area contributed by atoms with E-state index in [-0.39, 0.29) is 0 Å². The van der Waals surface area contributed by atoms with Gasteiger partial charge in [0.2, 0.25) is 0 Å². The largest absolute Gasteiger partial charge is 0.497 e. The Balaban J connectivity index is 1.95. The fraction of sp³-hybridized carbons (Fsp3) is 0.0952. The van der Waals surface area contributed by atoms with E-state index in [1.165, 1.54) is 0 Å². The molecule has 0 aliphatic rings. The number of anilines is 1. The van der Waals surface area contributed by atoms with Crippen molar-refractivity contribution in [2.45, 2.75) is 0 Å². The van der Waals surface area contributed by atoms with Gasteiger partial charge in [0.05, 0.1) is 19.9 Å². The maximum Gasteiger partial charge on any atom is 0.138 e. The molecule has 1 N–H and O–H groups in total. The highest BCUT2D eigenvalue weighted by Crippen LogP contribution is 2.21. The lowest BCUT2D eigenvalue weighted by Gasteiger charge is -2.11. The molecule has 0 aliphatic carbocycles. The van der Waals surface area contributed by atoms with Crippen molar-refractivity contribution in [3.05, 3.63) is 84.4 Å². The third kappa shape index (κ3) is 4.38. The minimum absolute atomic E-state index is 0.763. The zero-order valence-electron chi connectivity index (χ0n) is 14.3. The number of hydrogen-bond acceptors (Lipinski definition) is 3. The van der Waals surface area contributed by atoms with Crippen molar-refractivity contribution >= 4 is 17.2 Å². The van der Waals surface area contributed by atoms with Crippen molar-refractivity contribution in [3.8, 4) is 11.5 Å². The second-order valence-electron chi connectivity index (χ2n) is 5.38. The molecule has 0 radical (unpaired) electrons. The van der Waals surface area contributed by atoms with Gasteiger partial charge in [0, 0.05) is 11.3 Å². The molecule has 0 heterocycles. The Morgan fingerprint density at radius 1 is 0.720 bits per heavy atom. The van der Waals surface area contributed by atoms with Crippen molar-refractivity contribution < 1.29 is 9.47 Å². The third-order valence-electron chi connectivity index (χ3n) is 3.71. The number of methoxy groups -OCH3 is 2. The summed E-state index contributed by atoms with van der Waals surface area (Å²) in [6.45, 7) is 0. The lowest BCUT2D eigenvalue weighted by molar-refractivity contribution is 0.414. The van der Waals surface area contributed by atoms with Crippen molar-refractivity contribution in [3.63, 3.8) is 0 Å². The summed E-state index contributed by atoms with van der Waals surface area (Å²) in [5, 5.41) is 3.39. The standard InChI is InChI=1S/C21H20N2O2/c1-24-19-12-8-16(9-13-19)21(22-17-6-4-3-5-7-17)23-18-10-14-20(25-2)15-11-18/h3-15H,1-2H3,(H,22,23). The molecule has 0 aliphatic heterocycles. The molecular formula is C21H20N2O2. The van der Waals surface area contributed by atoms with Gasteiger partial charge in [0.1, 0.15) is 17.3 Å². The number of ether oxygens (including phenoxy) is 2. The van der Waals surface area contributed by atoms with Crippen molar-refractivity contribution in [1.29, 1.82) is 0 Å². The Morgan fingerprint density at radius 3 is 1.84 bits per heavy atom. The van der Waals surface area contributed by atoms with Crippen LogP contribution in [0.1, 0.15) is 5.56 Å². The number of amidine groups is 1. The fourth-order valence-electron chi connectivity index (χ4n) is 2.36. The van der Waals surface area contributed by atoms with Crippen LogP contribution in [0.15, 0.2) is 83.9 Å². The Morgan fingerprint density at radius 2 is 1.28 bits per heavy atom. The van der Waals surface area contributed by atoms with Crippen LogP contribution in [-0.2, 0) is 0 Å². The van der Waals surface area contributed by atoms with Crippen LogP contribution >= 0.6 is 0 Å². The van der Waals surface area contributed by atoms with Gasteiger partial charge >= 0.3 is 0 Å². The summed E-state index contributed by atoms with van der Waals surface area (Å²) < 4.78 is 10.4. The number of aliphatic imine (C=N–C) groups is 1. The molecule has 0 spiro atoms. The zero-order chi connectivity index (χ0) is 17.5. The van der Waals surface area contributed by atoms with Gasteiger partial charge in [-0.25, -0.2) is 4.99 Å². The summed E-state index contributed by atoms with van der Waals surface area (Å²) in [6.07, 6.45) is 0. The van der Waals surface area contributed by atoms with Crippen LogP contribution in [0.25, 0.3) is 0 Å². The highest BCUT2D eigenvalue weighted by atomic mass is 16.5. The molecule has 4 heteroatoms. The van der Waals surface area contributed by atoms with Crippen LogP contribution in [0.2, 0.25) is 0 Å². The van der Waals surface area contributed by atoms with E-state index in [9.17, 15) is 0 Å². The zero-order valence-corrected chi connectivity index (χ0v) is 14.3. The van der Waals surface area contributed by atoms with E-state index in [1.807, 2.05) is 78.9 Å². The number of nitrogens with one attached hydrogen (secondary N) is 1. The van der Waals surface area contributed by atoms with Gasteiger partial charge < -0.3 is 14.8 Å². The average molecular weight is 332 g/mol. The molecule has 0 saturated carbocycles. The van der Waals surface area contributed by atoms with Gasteiger partial charge in [-0.3, -0.25) is 0 Å². The average Bonchev–Trinajstić information content (AvgIpc) is 2.69. The number of hydrogen-bond donors (Lipinski definition) is 1. The van der Waals surface area contributed by atoms with Gasteiger partial charge in [0.15, 0.2) is 0 Å². The fourth-order valence-corrected chi connectivity index (χ4v) is 2.36. The summed E-state index contributed by atoms with van der Waals surface area (Å²) in [5.74, 6) is 2.38. The summed E-state index contributed by atoms with van der Waals surface area (Å²) in [6, 6.07) is 25.4. The maximum atomic E-state index is 5.24. The predicted molar refractivity (Wildman–Crippen MR) is 102 cm³/mol. The SMILES string of the molecule is COc1ccc(N=C(Nc2ccccc2)c2ccc(OC)cc2)cc1. The van der Waals surface area contributed by atoms with E-state index >= 15 is 0 Å². The molecule has 0 atom stereocenters. The molecule has 3 aromatic carbocycles. The van der Waals surface area contributed by atoms with Crippen LogP contribution < -0.4 is 14.8 Å². The van der Waals surface area contributed by atoms with Crippen LogP contribution in [0.3, 0.4) is 0 Å². The van der Waals surface area contributed by atoms with Crippen LogP contribution in [0.5, 0.6) is 11.5 Å². The summed E-state index contributed by atoms with van der Waals surface area (Å²) in [7, 11) is 3.31. The lowest BCUT2D eigenvalue weighted by atomic mass is 10.2. The molecular weight excluding hydrogens is 312 g/mol. The second kappa shape index (κ2) is 8.02. The molecule has 126 valence electrons. The van der Waals surface area contributed by atoms with Crippen LogP contribution in [0.4, 0.5) is 11.4 Å². The van der Waals surface area contributed by atoms with E-state index in [4.69, 9.17) is 14.5 Å². The third-order valence-corrected chi connectivity index (χ3v) is 3.71. The first-order valence-electron chi connectivity index (χ1n) is 7.98. The Bertz CT molecular complexity index is 826. The molecule has 0 aromatic heterocycles. The maximum absolute atomic E-state index is 5.24. The highest BCUT2D eigenvalue weighted by Gasteiger charge is 2.06. The lowest BCUT2D eigenvalue weighted by Crippen LogP contribution is -2.13. The first-order valence-corrected chi connectivity index (χ1v) is 7.98. The molecule has 0 saturated heterocycles. The molecule has 25 heavy (non-hydrogen) atoms. The Kier molecular flexibility index (Phi) is 5.32. The highest BCUT2D eigenvalue weighted by molar-refractivity contribution is 6.09. The van der Waals surface area contributed by atoms with Crippen LogP contribution in [0, 0.1) is 0 Å². The molecule has 0 fully saturated rings. The molecule has 3 rings (SSSR count). The van der Waals surface area contributed by atoms with Crippen molar-refractivity contribution in [2.75, 3.05) is 19.5 Å². The number of benzene rings is 3. The molecule has 3 aromatic rings. The minimum Gasteiger partial charge on any atom is -0.497 e. The van der Waals surface area contributed by atoms with Crippen LogP contribution in [-0.4, -0.2) is 20.1 Å². The minimum atomic E-state index is 0.763. The smallest absolute Gasteiger partial charge is 0.138 e. The van der Waals surface area contributed by atoms with E-state index in [1.54, 1.807) is 14.2 Å². The predicted octanol–water partition coefficient (Wildman–Crippen LogP) is 4.89. The quantitative estimate of drug-likeness (QED) is 0.534. The Hall–Kier alpha value is -3.27. The Labute approximate surface area is 147 Å². The molecule has 0 unspecified atom stereocenters. The normalized spacial score (nSPS) is 11.0. The molecule has 4 nitrogen and oxygen atoms in total. The van der Waals surface area contributed by atoms with Gasteiger partial charge in [0.25, 0.3) is 0 Å². The summed E-state index contributed by atoms with van der Waals surface area (Å²) in [4.78, 5) is 4.76. The van der Waals surface area contributed by atoms with E-state index < -0.39 is 0 Å². The first-order chi connectivity index (χ1) is 12.3. The van der Waals surface area contributed by atoms with E-state index in [0.29, 0.717) is 0 Å². The summed E-state index contributed by atoms with van der Waals surface area (Å²) >= 11 is 0. The molecule has 0 amide bonds. The van der Waals surface area contributed by atoms with Crippen molar-refractivity contribution in [1.82, 2.24) is 0 Å². The topological polar surface area (TPSA) is 42.8 Å².